The summed E-state index contributed by atoms with van der Waals surface area (Å²) in [5.41, 5.74) is 2.00. The third-order valence-electron chi connectivity index (χ3n) is 3.62. The quantitative estimate of drug-likeness (QED) is 0.866. The minimum Gasteiger partial charge on any atom is -0.376 e. The van der Waals surface area contributed by atoms with Gasteiger partial charge in [0.2, 0.25) is 0 Å². The molecule has 0 aromatic heterocycles. The lowest BCUT2D eigenvalue weighted by atomic mass is 10.1. The monoisotopic (exact) mass is 246 g/mol. The number of fused-ring (bicyclic) bond motifs is 1. The fourth-order valence-electron chi connectivity index (χ4n) is 2.60. The summed E-state index contributed by atoms with van der Waals surface area (Å²) in [5.74, 6) is 0.161. The van der Waals surface area contributed by atoms with Gasteiger partial charge in [0.1, 0.15) is 0 Å². The predicted octanol–water partition coefficient (Wildman–Crippen LogP) is 1.02. The smallest absolute Gasteiger partial charge is 0.254 e. The van der Waals surface area contributed by atoms with E-state index in [-0.39, 0.29) is 12.0 Å². The van der Waals surface area contributed by atoms with Gasteiger partial charge in [0.25, 0.3) is 5.91 Å². The molecule has 1 N–H and O–H groups in total. The van der Waals surface area contributed by atoms with Crippen molar-refractivity contribution in [2.75, 3.05) is 26.2 Å². The number of morpholine rings is 1. The zero-order chi connectivity index (χ0) is 12.4. The summed E-state index contributed by atoms with van der Waals surface area (Å²) in [7, 11) is 0. The van der Waals surface area contributed by atoms with E-state index in [2.05, 4.69) is 5.32 Å². The molecule has 1 saturated heterocycles. The molecule has 1 aromatic rings. The van der Waals surface area contributed by atoms with E-state index in [1.54, 1.807) is 0 Å². The van der Waals surface area contributed by atoms with Crippen molar-refractivity contribution in [3.05, 3.63) is 35.4 Å². The highest BCUT2D eigenvalue weighted by molar-refractivity contribution is 5.98. The highest BCUT2D eigenvalue weighted by atomic mass is 16.5. The molecule has 1 amide bonds. The molecule has 0 radical (unpaired) electrons. The van der Waals surface area contributed by atoms with E-state index >= 15 is 0 Å². The number of benzene rings is 1. The van der Waals surface area contributed by atoms with Crippen LogP contribution in [0.5, 0.6) is 0 Å². The summed E-state index contributed by atoms with van der Waals surface area (Å²) in [6.45, 7) is 4.13. The van der Waals surface area contributed by atoms with E-state index in [1.165, 1.54) is 0 Å². The van der Waals surface area contributed by atoms with Crippen molar-refractivity contribution in [3.63, 3.8) is 0 Å². The molecule has 2 aliphatic rings. The summed E-state index contributed by atoms with van der Waals surface area (Å²) < 4.78 is 5.65. The molecule has 2 heterocycles. The first kappa shape index (κ1) is 11.7. The minimum absolute atomic E-state index is 0.161. The number of carbonyl (C=O) groups is 1. The summed E-state index contributed by atoms with van der Waals surface area (Å²) in [5, 5.41) is 3.31. The molecular formula is C14H18N2O2. The van der Waals surface area contributed by atoms with Gasteiger partial charge in [-0.15, -0.1) is 0 Å². The van der Waals surface area contributed by atoms with E-state index in [4.69, 9.17) is 4.74 Å². The van der Waals surface area contributed by atoms with E-state index in [0.29, 0.717) is 0 Å². The second kappa shape index (κ2) is 5.08. The number of hydrogen-bond acceptors (Lipinski definition) is 3. The topological polar surface area (TPSA) is 41.6 Å². The van der Waals surface area contributed by atoms with Gasteiger partial charge in [-0.3, -0.25) is 4.79 Å². The van der Waals surface area contributed by atoms with Crippen LogP contribution < -0.4 is 5.32 Å². The standard InChI is InChI=1S/C14H18N2O2/c17-14-13-4-2-1-3-11(13)10-16(14)7-5-12-9-15-6-8-18-12/h1-4,12,15H,5-10H2. The fourth-order valence-corrected chi connectivity index (χ4v) is 2.60. The highest BCUT2D eigenvalue weighted by Gasteiger charge is 2.27. The van der Waals surface area contributed by atoms with Crippen molar-refractivity contribution in [2.24, 2.45) is 0 Å². The van der Waals surface area contributed by atoms with Gasteiger partial charge in [0.05, 0.1) is 12.7 Å². The van der Waals surface area contributed by atoms with Gasteiger partial charge in [-0.05, 0) is 18.1 Å². The van der Waals surface area contributed by atoms with E-state index < -0.39 is 0 Å². The number of nitrogens with zero attached hydrogens (tertiary/aromatic N) is 1. The zero-order valence-corrected chi connectivity index (χ0v) is 10.4. The Morgan fingerprint density at radius 1 is 1.39 bits per heavy atom. The number of amides is 1. The van der Waals surface area contributed by atoms with Crippen LogP contribution in [0.2, 0.25) is 0 Å². The molecule has 2 aliphatic heterocycles. The van der Waals surface area contributed by atoms with Crippen molar-refractivity contribution >= 4 is 5.91 Å². The molecule has 0 saturated carbocycles. The summed E-state index contributed by atoms with van der Waals surface area (Å²) in [6.07, 6.45) is 1.16. The Morgan fingerprint density at radius 3 is 3.06 bits per heavy atom. The Morgan fingerprint density at radius 2 is 2.28 bits per heavy atom. The molecule has 0 aliphatic carbocycles. The van der Waals surface area contributed by atoms with Crippen LogP contribution in [0.1, 0.15) is 22.3 Å². The highest BCUT2D eigenvalue weighted by Crippen LogP contribution is 2.22. The van der Waals surface area contributed by atoms with E-state index in [1.807, 2.05) is 29.2 Å². The van der Waals surface area contributed by atoms with Crippen LogP contribution in [-0.2, 0) is 11.3 Å². The number of ether oxygens (including phenoxy) is 1. The first-order chi connectivity index (χ1) is 8.84. The van der Waals surface area contributed by atoms with E-state index in [9.17, 15) is 4.79 Å². The van der Waals surface area contributed by atoms with Gasteiger partial charge < -0.3 is 15.0 Å². The third kappa shape index (κ3) is 2.26. The lowest BCUT2D eigenvalue weighted by Gasteiger charge is -2.25. The van der Waals surface area contributed by atoms with Crippen LogP contribution >= 0.6 is 0 Å². The van der Waals surface area contributed by atoms with Crippen LogP contribution in [-0.4, -0.2) is 43.2 Å². The predicted molar refractivity (Wildman–Crippen MR) is 68.4 cm³/mol. The Hall–Kier alpha value is -1.39. The van der Waals surface area contributed by atoms with Crippen LogP contribution in [0.4, 0.5) is 0 Å². The van der Waals surface area contributed by atoms with Crippen LogP contribution in [0.25, 0.3) is 0 Å². The van der Waals surface area contributed by atoms with E-state index in [0.717, 1.165) is 50.3 Å². The Bertz CT molecular complexity index is 441. The molecule has 4 heteroatoms. The zero-order valence-electron chi connectivity index (χ0n) is 10.4. The number of hydrogen-bond donors (Lipinski definition) is 1. The number of nitrogens with one attached hydrogen (secondary N) is 1. The van der Waals surface area contributed by atoms with Crippen molar-refractivity contribution in [3.8, 4) is 0 Å². The first-order valence-electron chi connectivity index (χ1n) is 6.54. The van der Waals surface area contributed by atoms with Crippen molar-refractivity contribution in [1.29, 1.82) is 0 Å². The fraction of sp³-hybridized carbons (Fsp3) is 0.500. The Kier molecular flexibility index (Phi) is 3.30. The normalized spacial score (nSPS) is 23.2. The molecule has 4 nitrogen and oxygen atoms in total. The van der Waals surface area contributed by atoms with Gasteiger partial charge >= 0.3 is 0 Å². The molecule has 18 heavy (non-hydrogen) atoms. The molecule has 3 rings (SSSR count). The molecule has 0 spiro atoms. The average Bonchev–Trinajstić information content (AvgIpc) is 2.75. The Balaban J connectivity index is 1.57. The maximum atomic E-state index is 12.1. The minimum atomic E-state index is 0.161. The first-order valence-corrected chi connectivity index (χ1v) is 6.54. The van der Waals surface area contributed by atoms with Crippen molar-refractivity contribution < 1.29 is 9.53 Å². The lowest BCUT2D eigenvalue weighted by molar-refractivity contribution is 0.0175. The molecule has 1 atom stereocenters. The van der Waals surface area contributed by atoms with Gasteiger partial charge in [0, 0.05) is 31.7 Å². The Labute approximate surface area is 107 Å². The molecule has 1 fully saturated rings. The van der Waals surface area contributed by atoms with Crippen molar-refractivity contribution in [1.82, 2.24) is 10.2 Å². The summed E-state index contributed by atoms with van der Waals surface area (Å²) in [6, 6.07) is 7.86. The third-order valence-corrected chi connectivity index (χ3v) is 3.62. The van der Waals surface area contributed by atoms with Crippen molar-refractivity contribution in [2.45, 2.75) is 19.1 Å². The summed E-state index contributed by atoms with van der Waals surface area (Å²) >= 11 is 0. The lowest BCUT2D eigenvalue weighted by Crippen LogP contribution is -2.40. The maximum Gasteiger partial charge on any atom is 0.254 e. The molecule has 1 unspecified atom stereocenters. The molecule has 0 bridgehead atoms. The molecule has 1 aromatic carbocycles. The number of carbonyl (C=O) groups excluding carboxylic acids is 1. The molecule has 96 valence electrons. The van der Waals surface area contributed by atoms with Crippen LogP contribution in [0.15, 0.2) is 24.3 Å². The second-order valence-electron chi connectivity index (χ2n) is 4.87. The second-order valence-corrected chi connectivity index (χ2v) is 4.87. The summed E-state index contributed by atoms with van der Waals surface area (Å²) in [4.78, 5) is 14.1. The number of rotatable bonds is 3. The van der Waals surface area contributed by atoms with Crippen LogP contribution in [0.3, 0.4) is 0 Å². The molecular weight excluding hydrogens is 228 g/mol. The van der Waals surface area contributed by atoms with Crippen LogP contribution in [0, 0.1) is 0 Å². The van der Waals surface area contributed by atoms with Gasteiger partial charge in [-0.2, -0.15) is 0 Å². The average molecular weight is 246 g/mol. The maximum absolute atomic E-state index is 12.1. The van der Waals surface area contributed by atoms with Gasteiger partial charge in [-0.25, -0.2) is 0 Å². The largest absolute Gasteiger partial charge is 0.376 e. The SMILES string of the molecule is O=C1c2ccccc2CN1CCC1CNCCO1. The van der Waals surface area contributed by atoms with Gasteiger partial charge in [-0.1, -0.05) is 18.2 Å². The van der Waals surface area contributed by atoms with Gasteiger partial charge in [0.15, 0.2) is 0 Å².